The fourth-order valence-electron chi connectivity index (χ4n) is 2.87. The number of nitrogens with one attached hydrogen (secondary N) is 1. The van der Waals surface area contributed by atoms with Gasteiger partial charge in [-0.1, -0.05) is 6.92 Å². The molecule has 1 aromatic heterocycles. The SMILES string of the molecule is CCCN1C(=O)CCc2cc(NC(=O)c3ccc(C(=O)O)o3)ccc21. The number of furan rings is 1. The lowest BCUT2D eigenvalue weighted by Crippen LogP contribution is -2.35. The normalized spacial score (nSPS) is 13.5. The van der Waals surface area contributed by atoms with E-state index in [-0.39, 0.29) is 17.4 Å². The highest BCUT2D eigenvalue weighted by Gasteiger charge is 2.24. The van der Waals surface area contributed by atoms with E-state index in [0.717, 1.165) is 17.7 Å². The number of aromatic carboxylic acids is 1. The number of carboxylic acid groups (broad SMARTS) is 1. The number of hydrogen-bond acceptors (Lipinski definition) is 4. The van der Waals surface area contributed by atoms with Gasteiger partial charge in [0.2, 0.25) is 11.7 Å². The van der Waals surface area contributed by atoms with Crippen LogP contribution >= 0.6 is 0 Å². The molecule has 0 unspecified atom stereocenters. The van der Waals surface area contributed by atoms with Crippen molar-refractivity contribution in [1.82, 2.24) is 0 Å². The summed E-state index contributed by atoms with van der Waals surface area (Å²) in [4.78, 5) is 36.8. The van der Waals surface area contributed by atoms with E-state index in [1.165, 1.54) is 12.1 Å². The summed E-state index contributed by atoms with van der Waals surface area (Å²) < 4.78 is 4.99. The first-order chi connectivity index (χ1) is 12.0. The van der Waals surface area contributed by atoms with Crippen molar-refractivity contribution in [3.8, 4) is 0 Å². The van der Waals surface area contributed by atoms with Gasteiger partial charge < -0.3 is 19.7 Å². The molecule has 3 rings (SSSR count). The van der Waals surface area contributed by atoms with E-state index in [4.69, 9.17) is 9.52 Å². The van der Waals surface area contributed by atoms with E-state index in [1.807, 2.05) is 19.1 Å². The summed E-state index contributed by atoms with van der Waals surface area (Å²) in [6.07, 6.45) is 1.95. The van der Waals surface area contributed by atoms with E-state index >= 15 is 0 Å². The third-order valence-electron chi connectivity index (χ3n) is 4.03. The Kier molecular flexibility index (Phi) is 4.56. The summed E-state index contributed by atoms with van der Waals surface area (Å²) in [7, 11) is 0. The third kappa shape index (κ3) is 3.40. The van der Waals surface area contributed by atoms with Crippen molar-refractivity contribution in [2.24, 2.45) is 0 Å². The number of aryl methyl sites for hydroxylation is 1. The molecule has 0 saturated carbocycles. The van der Waals surface area contributed by atoms with Crippen LogP contribution in [0.1, 0.15) is 46.4 Å². The molecule has 2 N–H and O–H groups in total. The van der Waals surface area contributed by atoms with Crippen LogP contribution in [0.15, 0.2) is 34.7 Å². The van der Waals surface area contributed by atoms with Crippen molar-refractivity contribution < 1.29 is 23.9 Å². The molecule has 2 aromatic rings. The number of nitrogens with zero attached hydrogens (tertiary/aromatic N) is 1. The van der Waals surface area contributed by atoms with Crippen LogP contribution in [0.4, 0.5) is 11.4 Å². The highest BCUT2D eigenvalue weighted by Crippen LogP contribution is 2.30. The molecule has 25 heavy (non-hydrogen) atoms. The van der Waals surface area contributed by atoms with Crippen LogP contribution < -0.4 is 10.2 Å². The number of carbonyl (C=O) groups excluding carboxylic acids is 2. The maximum Gasteiger partial charge on any atom is 0.371 e. The second kappa shape index (κ2) is 6.80. The van der Waals surface area contributed by atoms with Crippen molar-refractivity contribution in [1.29, 1.82) is 0 Å². The lowest BCUT2D eigenvalue weighted by molar-refractivity contribution is -0.118. The molecule has 2 amide bonds. The van der Waals surface area contributed by atoms with Gasteiger partial charge in [-0.2, -0.15) is 0 Å². The largest absolute Gasteiger partial charge is 0.475 e. The van der Waals surface area contributed by atoms with Crippen LogP contribution in [0.2, 0.25) is 0 Å². The Bertz CT molecular complexity index is 840. The summed E-state index contributed by atoms with van der Waals surface area (Å²) in [5, 5.41) is 11.5. The van der Waals surface area contributed by atoms with Crippen LogP contribution in [0.3, 0.4) is 0 Å². The molecule has 130 valence electrons. The quantitative estimate of drug-likeness (QED) is 0.870. The zero-order valence-corrected chi connectivity index (χ0v) is 13.7. The predicted molar refractivity (Wildman–Crippen MR) is 91.0 cm³/mol. The van der Waals surface area contributed by atoms with E-state index in [1.54, 1.807) is 11.0 Å². The molecule has 0 saturated heterocycles. The van der Waals surface area contributed by atoms with Crippen molar-refractivity contribution in [2.75, 3.05) is 16.8 Å². The molecule has 0 fully saturated rings. The van der Waals surface area contributed by atoms with Gasteiger partial charge in [0.25, 0.3) is 5.91 Å². The van der Waals surface area contributed by atoms with Gasteiger partial charge in [-0.25, -0.2) is 4.79 Å². The minimum atomic E-state index is -1.23. The minimum absolute atomic E-state index is 0.0714. The summed E-state index contributed by atoms with van der Waals surface area (Å²) in [6.45, 7) is 2.69. The van der Waals surface area contributed by atoms with Crippen LogP contribution in [0.5, 0.6) is 0 Å². The smallest absolute Gasteiger partial charge is 0.371 e. The van der Waals surface area contributed by atoms with Crippen molar-refractivity contribution in [2.45, 2.75) is 26.2 Å². The van der Waals surface area contributed by atoms with E-state index in [9.17, 15) is 14.4 Å². The number of carbonyl (C=O) groups is 3. The Hall–Kier alpha value is -3.09. The first kappa shape index (κ1) is 16.8. The van der Waals surface area contributed by atoms with Gasteiger partial charge in [-0.05, 0) is 48.7 Å². The number of rotatable bonds is 5. The molecule has 1 aliphatic rings. The van der Waals surface area contributed by atoms with Crippen LogP contribution in [0, 0.1) is 0 Å². The molecule has 0 spiro atoms. The van der Waals surface area contributed by atoms with Gasteiger partial charge in [0.1, 0.15) is 0 Å². The highest BCUT2D eigenvalue weighted by atomic mass is 16.4. The van der Waals surface area contributed by atoms with Crippen molar-refractivity contribution >= 4 is 29.2 Å². The van der Waals surface area contributed by atoms with Crippen molar-refractivity contribution in [3.63, 3.8) is 0 Å². The monoisotopic (exact) mass is 342 g/mol. The number of amides is 2. The summed E-state index contributed by atoms with van der Waals surface area (Å²) in [5.41, 5.74) is 2.45. The lowest BCUT2D eigenvalue weighted by atomic mass is 10.00. The van der Waals surface area contributed by atoms with Crippen LogP contribution in [-0.2, 0) is 11.2 Å². The van der Waals surface area contributed by atoms with Crippen molar-refractivity contribution in [3.05, 3.63) is 47.4 Å². The number of carboxylic acids is 1. The number of benzene rings is 1. The zero-order chi connectivity index (χ0) is 18.0. The third-order valence-corrected chi connectivity index (χ3v) is 4.03. The molecular weight excluding hydrogens is 324 g/mol. The first-order valence-electron chi connectivity index (χ1n) is 8.07. The Morgan fingerprint density at radius 1 is 1.20 bits per heavy atom. The molecule has 7 heteroatoms. The average molecular weight is 342 g/mol. The lowest BCUT2D eigenvalue weighted by Gasteiger charge is -2.29. The molecule has 2 heterocycles. The van der Waals surface area contributed by atoms with Gasteiger partial charge in [0, 0.05) is 24.3 Å². The fraction of sp³-hybridized carbons (Fsp3) is 0.278. The van der Waals surface area contributed by atoms with E-state index in [0.29, 0.717) is 25.1 Å². The zero-order valence-electron chi connectivity index (χ0n) is 13.7. The molecule has 1 aliphatic heterocycles. The molecular formula is C18H18N2O5. The van der Waals surface area contributed by atoms with Crippen LogP contribution in [0.25, 0.3) is 0 Å². The second-order valence-corrected chi connectivity index (χ2v) is 5.81. The Balaban J connectivity index is 1.79. The molecule has 1 aromatic carbocycles. The maximum absolute atomic E-state index is 12.2. The van der Waals surface area contributed by atoms with Gasteiger partial charge in [0.15, 0.2) is 5.76 Å². The minimum Gasteiger partial charge on any atom is -0.475 e. The number of fused-ring (bicyclic) bond motifs is 1. The Morgan fingerprint density at radius 2 is 1.96 bits per heavy atom. The van der Waals surface area contributed by atoms with Gasteiger partial charge in [-0.3, -0.25) is 9.59 Å². The first-order valence-corrected chi connectivity index (χ1v) is 8.07. The summed E-state index contributed by atoms with van der Waals surface area (Å²) >= 11 is 0. The summed E-state index contributed by atoms with van der Waals surface area (Å²) in [5.74, 6) is -2.00. The number of anilines is 2. The molecule has 7 nitrogen and oxygen atoms in total. The van der Waals surface area contributed by atoms with Crippen LogP contribution in [-0.4, -0.2) is 29.4 Å². The molecule has 0 bridgehead atoms. The Labute approximate surface area is 144 Å². The number of hydrogen-bond donors (Lipinski definition) is 2. The highest BCUT2D eigenvalue weighted by molar-refractivity contribution is 6.03. The standard InChI is InChI=1S/C18H18N2O5/c1-2-9-20-13-5-4-12(10-11(13)3-8-16(20)21)19-17(22)14-6-7-15(25-14)18(23)24/h4-7,10H,2-3,8-9H2,1H3,(H,19,22)(H,23,24). The van der Waals surface area contributed by atoms with Gasteiger partial charge in [-0.15, -0.1) is 0 Å². The van der Waals surface area contributed by atoms with E-state index in [2.05, 4.69) is 5.32 Å². The fourth-order valence-corrected chi connectivity index (χ4v) is 2.87. The molecule has 0 aliphatic carbocycles. The predicted octanol–water partition coefficient (Wildman–Crippen LogP) is 2.92. The average Bonchev–Trinajstić information content (AvgIpc) is 3.08. The summed E-state index contributed by atoms with van der Waals surface area (Å²) in [6, 6.07) is 7.93. The van der Waals surface area contributed by atoms with Gasteiger partial charge >= 0.3 is 5.97 Å². The second-order valence-electron chi connectivity index (χ2n) is 5.81. The molecule has 0 atom stereocenters. The molecule has 0 radical (unpaired) electrons. The topological polar surface area (TPSA) is 99.9 Å². The maximum atomic E-state index is 12.2. The Morgan fingerprint density at radius 3 is 2.64 bits per heavy atom. The van der Waals surface area contributed by atoms with Gasteiger partial charge in [0.05, 0.1) is 0 Å². The van der Waals surface area contributed by atoms with E-state index < -0.39 is 11.9 Å².